The number of methoxy groups -OCH3 is 1. The number of imidazole rings is 1. The molecule has 0 saturated carbocycles. The fourth-order valence-electron chi connectivity index (χ4n) is 1.98. The number of carbonyl (C=O) groups is 1. The molecule has 2 rings (SSSR count). The van der Waals surface area contributed by atoms with E-state index in [1.54, 1.807) is 12.3 Å². The Labute approximate surface area is 116 Å². The maximum atomic E-state index is 13.7. The van der Waals surface area contributed by atoms with Crippen molar-refractivity contribution >= 4 is 11.6 Å². The molecule has 0 radical (unpaired) electrons. The third kappa shape index (κ3) is 2.96. The average Bonchev–Trinajstić information content (AvgIpc) is 2.78. The summed E-state index contributed by atoms with van der Waals surface area (Å²) in [4.78, 5) is 15.7. The van der Waals surface area contributed by atoms with Crippen LogP contribution in [-0.2, 0) is 11.3 Å². The van der Waals surface area contributed by atoms with Crippen molar-refractivity contribution in [3.63, 3.8) is 0 Å². The molecule has 0 bridgehead atoms. The van der Waals surface area contributed by atoms with Crippen molar-refractivity contribution in [3.05, 3.63) is 35.5 Å². The average molecular weight is 279 g/mol. The molecule has 0 atom stereocenters. The molecule has 0 unspecified atom stereocenters. The second kappa shape index (κ2) is 6.00. The first-order valence-corrected chi connectivity index (χ1v) is 6.47. The summed E-state index contributed by atoms with van der Waals surface area (Å²) in [7, 11) is 1.29. The summed E-state index contributed by atoms with van der Waals surface area (Å²) in [6, 6.07) is 1.68. The zero-order chi connectivity index (χ0) is 14.7. The van der Waals surface area contributed by atoms with E-state index in [0.29, 0.717) is 12.5 Å². The van der Waals surface area contributed by atoms with Gasteiger partial charge in [0.15, 0.2) is 5.65 Å². The maximum absolute atomic E-state index is 13.7. The van der Waals surface area contributed by atoms with Crippen LogP contribution in [0.4, 0.5) is 4.39 Å². The largest absolute Gasteiger partial charge is 0.465 e. The Morgan fingerprint density at radius 2 is 2.30 bits per heavy atom. The van der Waals surface area contributed by atoms with Gasteiger partial charge in [-0.1, -0.05) is 13.8 Å². The summed E-state index contributed by atoms with van der Waals surface area (Å²) >= 11 is 0. The molecule has 0 amide bonds. The normalized spacial score (nSPS) is 11.2. The van der Waals surface area contributed by atoms with Gasteiger partial charge in [-0.15, -0.1) is 0 Å². The Kier molecular flexibility index (Phi) is 4.34. The predicted molar refractivity (Wildman–Crippen MR) is 73.0 cm³/mol. The highest BCUT2D eigenvalue weighted by atomic mass is 19.1. The molecule has 0 aliphatic rings. The van der Waals surface area contributed by atoms with Gasteiger partial charge < -0.3 is 10.1 Å². The van der Waals surface area contributed by atoms with Crippen LogP contribution >= 0.6 is 0 Å². The molecule has 0 aliphatic carbocycles. The van der Waals surface area contributed by atoms with Crippen LogP contribution in [0.1, 0.15) is 29.8 Å². The number of carbonyl (C=O) groups excluding carboxylic acids is 1. The second-order valence-electron chi connectivity index (χ2n) is 5.05. The summed E-state index contributed by atoms with van der Waals surface area (Å²) < 4.78 is 19.6. The number of pyridine rings is 1. The molecule has 0 saturated heterocycles. The first-order chi connectivity index (χ1) is 9.52. The summed E-state index contributed by atoms with van der Waals surface area (Å²) in [5.41, 5.74) is 1.33. The number of esters is 1. The highest BCUT2D eigenvalue weighted by Gasteiger charge is 2.16. The predicted octanol–water partition coefficient (Wildman–Crippen LogP) is 2.01. The highest BCUT2D eigenvalue weighted by molar-refractivity contribution is 5.95. The van der Waals surface area contributed by atoms with Crippen molar-refractivity contribution < 1.29 is 13.9 Å². The fourth-order valence-corrected chi connectivity index (χ4v) is 1.98. The van der Waals surface area contributed by atoms with Gasteiger partial charge in [0.05, 0.1) is 13.3 Å². The lowest BCUT2D eigenvalue weighted by molar-refractivity contribution is 0.0602. The number of hydrogen-bond acceptors (Lipinski definition) is 4. The van der Waals surface area contributed by atoms with Crippen LogP contribution in [0, 0.1) is 11.9 Å². The van der Waals surface area contributed by atoms with Gasteiger partial charge in [-0.25, -0.2) is 9.78 Å². The minimum atomic E-state index is -0.522. The van der Waals surface area contributed by atoms with Gasteiger partial charge >= 0.3 is 5.97 Å². The van der Waals surface area contributed by atoms with Crippen molar-refractivity contribution in [3.8, 4) is 0 Å². The van der Waals surface area contributed by atoms with E-state index in [0.717, 1.165) is 18.3 Å². The first kappa shape index (κ1) is 14.5. The van der Waals surface area contributed by atoms with Crippen LogP contribution in [0.3, 0.4) is 0 Å². The number of fused-ring (bicyclic) bond motifs is 1. The lowest BCUT2D eigenvalue weighted by atomic mass is 10.1. The van der Waals surface area contributed by atoms with Crippen LogP contribution in [0.2, 0.25) is 0 Å². The SMILES string of the molecule is COC(=O)c1cc(CNCC(C)C)cn2c(F)cnc12. The van der Waals surface area contributed by atoms with Crippen LogP contribution < -0.4 is 5.32 Å². The van der Waals surface area contributed by atoms with Crippen molar-refractivity contribution in [1.82, 2.24) is 14.7 Å². The molecule has 0 fully saturated rings. The topological polar surface area (TPSA) is 55.6 Å². The van der Waals surface area contributed by atoms with E-state index in [9.17, 15) is 9.18 Å². The smallest absolute Gasteiger partial charge is 0.341 e. The Hall–Kier alpha value is -1.95. The molecule has 20 heavy (non-hydrogen) atoms. The zero-order valence-electron chi connectivity index (χ0n) is 11.8. The minimum Gasteiger partial charge on any atom is -0.465 e. The summed E-state index contributed by atoms with van der Waals surface area (Å²) in [5, 5.41) is 3.25. The molecular formula is C14H18FN3O2. The van der Waals surface area contributed by atoms with Crippen molar-refractivity contribution in [2.75, 3.05) is 13.7 Å². The van der Waals surface area contributed by atoms with Gasteiger partial charge in [0.25, 0.3) is 0 Å². The third-order valence-electron chi connectivity index (χ3n) is 2.90. The number of ether oxygens (including phenoxy) is 1. The van der Waals surface area contributed by atoms with E-state index < -0.39 is 11.9 Å². The van der Waals surface area contributed by atoms with Gasteiger partial charge in [-0.3, -0.25) is 4.40 Å². The number of aromatic nitrogens is 2. The van der Waals surface area contributed by atoms with Gasteiger partial charge in [0.2, 0.25) is 5.95 Å². The summed E-state index contributed by atoms with van der Waals surface area (Å²) in [6.07, 6.45) is 2.73. The van der Waals surface area contributed by atoms with Crippen LogP contribution in [0.5, 0.6) is 0 Å². The molecule has 2 aromatic rings. The number of rotatable bonds is 5. The Bertz CT molecular complexity index is 622. The van der Waals surface area contributed by atoms with E-state index in [-0.39, 0.29) is 11.2 Å². The lowest BCUT2D eigenvalue weighted by Gasteiger charge is -2.10. The van der Waals surface area contributed by atoms with Crippen LogP contribution in [-0.4, -0.2) is 29.0 Å². The maximum Gasteiger partial charge on any atom is 0.341 e. The molecule has 5 nitrogen and oxygen atoms in total. The van der Waals surface area contributed by atoms with Crippen LogP contribution in [0.25, 0.3) is 5.65 Å². The van der Waals surface area contributed by atoms with E-state index in [2.05, 4.69) is 24.1 Å². The molecular weight excluding hydrogens is 261 g/mol. The Morgan fingerprint density at radius 1 is 1.55 bits per heavy atom. The summed E-state index contributed by atoms with van der Waals surface area (Å²) in [5.74, 6) is -0.508. The van der Waals surface area contributed by atoms with Gasteiger partial charge in [-0.2, -0.15) is 4.39 Å². The molecule has 2 aromatic heterocycles. The first-order valence-electron chi connectivity index (χ1n) is 6.47. The van der Waals surface area contributed by atoms with Crippen LogP contribution in [0.15, 0.2) is 18.5 Å². The fraction of sp³-hybridized carbons (Fsp3) is 0.429. The number of nitrogens with one attached hydrogen (secondary N) is 1. The Balaban J connectivity index is 2.35. The number of nitrogens with zero attached hydrogens (tertiary/aromatic N) is 2. The summed E-state index contributed by atoms with van der Waals surface area (Å²) in [6.45, 7) is 5.60. The highest BCUT2D eigenvalue weighted by Crippen LogP contribution is 2.15. The minimum absolute atomic E-state index is 0.264. The monoisotopic (exact) mass is 279 g/mol. The van der Waals surface area contributed by atoms with Crippen molar-refractivity contribution in [2.45, 2.75) is 20.4 Å². The molecule has 0 aromatic carbocycles. The van der Waals surface area contributed by atoms with Gasteiger partial charge in [-0.05, 0) is 24.1 Å². The van der Waals surface area contributed by atoms with Crippen molar-refractivity contribution in [2.24, 2.45) is 5.92 Å². The molecule has 0 spiro atoms. The Morgan fingerprint density at radius 3 is 2.95 bits per heavy atom. The van der Waals surface area contributed by atoms with Gasteiger partial charge in [0.1, 0.15) is 5.56 Å². The third-order valence-corrected chi connectivity index (χ3v) is 2.90. The molecule has 108 valence electrons. The van der Waals surface area contributed by atoms with E-state index >= 15 is 0 Å². The molecule has 2 heterocycles. The molecule has 0 aliphatic heterocycles. The van der Waals surface area contributed by atoms with E-state index in [1.165, 1.54) is 11.5 Å². The van der Waals surface area contributed by atoms with Gasteiger partial charge in [0, 0.05) is 12.7 Å². The zero-order valence-corrected chi connectivity index (χ0v) is 11.8. The molecule has 1 N–H and O–H groups in total. The number of hydrogen-bond donors (Lipinski definition) is 1. The molecule has 6 heteroatoms. The second-order valence-corrected chi connectivity index (χ2v) is 5.05. The van der Waals surface area contributed by atoms with Crippen molar-refractivity contribution in [1.29, 1.82) is 0 Å². The van der Waals surface area contributed by atoms with E-state index in [1.807, 2.05) is 0 Å². The standard InChI is InChI=1S/C14H18FN3O2/c1-9(2)5-16-6-10-4-11(14(19)20-3)13-17-7-12(15)18(13)8-10/h4,7-9,16H,5-6H2,1-3H3. The number of halogens is 1. The lowest BCUT2D eigenvalue weighted by Crippen LogP contribution is -2.19. The van der Waals surface area contributed by atoms with E-state index in [4.69, 9.17) is 4.74 Å². The quantitative estimate of drug-likeness (QED) is 0.851.